The number of amides is 2. The van der Waals surface area contributed by atoms with E-state index in [9.17, 15) is 9.59 Å². The maximum atomic E-state index is 13.4. The van der Waals surface area contributed by atoms with Crippen LogP contribution in [0.2, 0.25) is 0 Å². The van der Waals surface area contributed by atoms with Crippen molar-refractivity contribution in [1.82, 2.24) is 20.1 Å². The Hall–Kier alpha value is -1.96. The third-order valence-electron chi connectivity index (χ3n) is 6.28. The molecule has 0 spiro atoms. The SMILES string of the molecule is CCCN1CC(C(=O)N2CCN(C)CC2)C2NN(c3ccccc3)C(=O)C2C1. The van der Waals surface area contributed by atoms with Crippen LogP contribution in [0.3, 0.4) is 0 Å². The zero-order chi connectivity index (χ0) is 19.7. The van der Waals surface area contributed by atoms with Crippen LogP contribution in [0.15, 0.2) is 30.3 Å². The molecule has 0 saturated carbocycles. The number of nitrogens with one attached hydrogen (secondary N) is 1. The Morgan fingerprint density at radius 2 is 1.82 bits per heavy atom. The van der Waals surface area contributed by atoms with Crippen LogP contribution < -0.4 is 10.4 Å². The summed E-state index contributed by atoms with van der Waals surface area (Å²) in [6.07, 6.45) is 1.02. The third-order valence-corrected chi connectivity index (χ3v) is 6.28. The molecule has 0 bridgehead atoms. The molecule has 3 heterocycles. The average Bonchev–Trinajstić information content (AvgIpc) is 3.05. The van der Waals surface area contributed by atoms with Crippen molar-refractivity contribution in [3.8, 4) is 0 Å². The molecule has 3 atom stereocenters. The maximum Gasteiger partial charge on any atom is 0.247 e. The first kappa shape index (κ1) is 19.4. The Bertz CT molecular complexity index is 704. The van der Waals surface area contributed by atoms with Gasteiger partial charge in [-0.25, -0.2) is 10.4 Å². The highest BCUT2D eigenvalue weighted by molar-refractivity contribution is 5.98. The van der Waals surface area contributed by atoms with E-state index in [4.69, 9.17) is 0 Å². The molecular weight excluding hydrogens is 354 g/mol. The van der Waals surface area contributed by atoms with Crippen LogP contribution in [-0.4, -0.2) is 85.4 Å². The number of carbonyl (C=O) groups excluding carboxylic acids is 2. The van der Waals surface area contributed by atoms with E-state index in [1.54, 1.807) is 5.01 Å². The molecule has 1 aromatic carbocycles. The number of fused-ring (bicyclic) bond motifs is 1. The standard InChI is InChI=1S/C21H31N5O2/c1-3-9-24-14-17(20(27)25-12-10-23(2)11-13-25)19-18(15-24)21(28)26(22-19)16-7-5-4-6-8-16/h4-8,17-19,22H,3,9-15H2,1-2H3. The Morgan fingerprint density at radius 3 is 2.50 bits per heavy atom. The summed E-state index contributed by atoms with van der Waals surface area (Å²) in [7, 11) is 2.09. The molecule has 4 rings (SSSR count). The fourth-order valence-corrected chi connectivity index (χ4v) is 4.70. The van der Waals surface area contributed by atoms with E-state index >= 15 is 0 Å². The summed E-state index contributed by atoms with van der Waals surface area (Å²) in [5.41, 5.74) is 4.24. The molecule has 3 aliphatic heterocycles. The zero-order valence-electron chi connectivity index (χ0n) is 16.9. The summed E-state index contributed by atoms with van der Waals surface area (Å²) >= 11 is 0. The Kier molecular flexibility index (Phi) is 5.66. The second-order valence-corrected chi connectivity index (χ2v) is 8.27. The first-order chi connectivity index (χ1) is 13.6. The first-order valence-corrected chi connectivity index (χ1v) is 10.4. The van der Waals surface area contributed by atoms with Gasteiger partial charge in [0.15, 0.2) is 0 Å². The highest BCUT2D eigenvalue weighted by atomic mass is 16.2. The first-order valence-electron chi connectivity index (χ1n) is 10.4. The Labute approximate surface area is 167 Å². The van der Waals surface area contributed by atoms with E-state index in [0.717, 1.165) is 57.9 Å². The quantitative estimate of drug-likeness (QED) is 0.824. The number of para-hydroxylation sites is 1. The summed E-state index contributed by atoms with van der Waals surface area (Å²) in [5.74, 6) is -0.0967. The van der Waals surface area contributed by atoms with E-state index in [1.807, 2.05) is 35.2 Å². The molecule has 28 heavy (non-hydrogen) atoms. The van der Waals surface area contributed by atoms with Gasteiger partial charge in [0.25, 0.3) is 0 Å². The minimum absolute atomic E-state index is 0.0770. The molecule has 152 valence electrons. The fourth-order valence-electron chi connectivity index (χ4n) is 4.70. The van der Waals surface area contributed by atoms with Crippen LogP contribution in [-0.2, 0) is 9.59 Å². The third kappa shape index (κ3) is 3.66. The van der Waals surface area contributed by atoms with Gasteiger partial charge in [-0.1, -0.05) is 25.1 Å². The van der Waals surface area contributed by atoms with Gasteiger partial charge < -0.3 is 14.7 Å². The van der Waals surface area contributed by atoms with Crippen molar-refractivity contribution in [2.45, 2.75) is 19.4 Å². The molecule has 1 N–H and O–H groups in total. The molecule has 3 fully saturated rings. The van der Waals surface area contributed by atoms with E-state index in [1.165, 1.54) is 0 Å². The normalized spacial score (nSPS) is 29.2. The van der Waals surface area contributed by atoms with E-state index < -0.39 is 0 Å². The highest BCUT2D eigenvalue weighted by Gasteiger charge is 2.51. The number of carbonyl (C=O) groups is 2. The lowest BCUT2D eigenvalue weighted by atomic mass is 9.83. The van der Waals surface area contributed by atoms with Crippen LogP contribution in [0.1, 0.15) is 13.3 Å². The molecule has 0 radical (unpaired) electrons. The summed E-state index contributed by atoms with van der Waals surface area (Å²) < 4.78 is 0. The number of rotatable bonds is 4. The highest BCUT2D eigenvalue weighted by Crippen LogP contribution is 2.32. The van der Waals surface area contributed by atoms with Crippen molar-refractivity contribution in [2.75, 3.05) is 57.9 Å². The summed E-state index contributed by atoms with van der Waals surface area (Å²) in [4.78, 5) is 33.1. The lowest BCUT2D eigenvalue weighted by Gasteiger charge is -2.41. The van der Waals surface area contributed by atoms with Crippen molar-refractivity contribution in [3.05, 3.63) is 30.3 Å². The van der Waals surface area contributed by atoms with Crippen LogP contribution in [0.5, 0.6) is 0 Å². The number of likely N-dealkylation sites (tertiary alicyclic amines) is 1. The van der Waals surface area contributed by atoms with E-state index in [0.29, 0.717) is 0 Å². The smallest absolute Gasteiger partial charge is 0.247 e. The van der Waals surface area contributed by atoms with Crippen molar-refractivity contribution >= 4 is 17.5 Å². The topological polar surface area (TPSA) is 59.1 Å². The number of piperazine rings is 1. The molecule has 3 unspecified atom stereocenters. The number of hydrazine groups is 1. The fraction of sp³-hybridized carbons (Fsp3) is 0.619. The van der Waals surface area contributed by atoms with Gasteiger partial charge in [0, 0.05) is 39.3 Å². The van der Waals surface area contributed by atoms with E-state index in [2.05, 4.69) is 29.2 Å². The van der Waals surface area contributed by atoms with Crippen molar-refractivity contribution in [1.29, 1.82) is 0 Å². The lowest BCUT2D eigenvalue weighted by molar-refractivity contribution is -0.141. The summed E-state index contributed by atoms with van der Waals surface area (Å²) in [6.45, 7) is 7.88. The van der Waals surface area contributed by atoms with Crippen molar-refractivity contribution < 1.29 is 9.59 Å². The Morgan fingerprint density at radius 1 is 1.11 bits per heavy atom. The summed E-state index contributed by atoms with van der Waals surface area (Å²) in [6, 6.07) is 9.55. The zero-order valence-corrected chi connectivity index (χ0v) is 16.9. The van der Waals surface area contributed by atoms with Crippen molar-refractivity contribution in [2.24, 2.45) is 11.8 Å². The molecule has 7 nitrogen and oxygen atoms in total. The number of benzene rings is 1. The van der Waals surface area contributed by atoms with Gasteiger partial charge in [0.05, 0.1) is 23.6 Å². The molecule has 0 aliphatic carbocycles. The van der Waals surface area contributed by atoms with Gasteiger partial charge in [0.2, 0.25) is 11.8 Å². The average molecular weight is 386 g/mol. The predicted molar refractivity (Wildman–Crippen MR) is 109 cm³/mol. The number of piperidine rings is 1. The van der Waals surface area contributed by atoms with Gasteiger partial charge in [-0.3, -0.25) is 9.59 Å². The number of hydrogen-bond donors (Lipinski definition) is 1. The minimum Gasteiger partial charge on any atom is -0.340 e. The molecule has 3 aliphatic rings. The number of hydrogen-bond acceptors (Lipinski definition) is 5. The molecule has 0 aromatic heterocycles. The minimum atomic E-state index is -0.189. The van der Waals surface area contributed by atoms with Gasteiger partial charge in [-0.2, -0.15) is 0 Å². The predicted octanol–water partition coefficient (Wildman–Crippen LogP) is 0.638. The summed E-state index contributed by atoms with van der Waals surface area (Å²) in [5, 5.41) is 1.66. The van der Waals surface area contributed by atoms with Crippen LogP contribution in [0, 0.1) is 11.8 Å². The molecule has 1 aromatic rings. The van der Waals surface area contributed by atoms with Gasteiger partial charge in [-0.05, 0) is 32.1 Å². The number of anilines is 1. The van der Waals surface area contributed by atoms with Gasteiger partial charge in [-0.15, -0.1) is 0 Å². The monoisotopic (exact) mass is 385 g/mol. The van der Waals surface area contributed by atoms with Crippen LogP contribution >= 0.6 is 0 Å². The molecule has 2 amide bonds. The second-order valence-electron chi connectivity index (χ2n) is 8.27. The van der Waals surface area contributed by atoms with Gasteiger partial charge >= 0.3 is 0 Å². The molecular formula is C21H31N5O2. The van der Waals surface area contributed by atoms with Crippen molar-refractivity contribution in [3.63, 3.8) is 0 Å². The van der Waals surface area contributed by atoms with Crippen LogP contribution in [0.4, 0.5) is 5.69 Å². The van der Waals surface area contributed by atoms with Gasteiger partial charge in [0.1, 0.15) is 0 Å². The van der Waals surface area contributed by atoms with Crippen LogP contribution in [0.25, 0.3) is 0 Å². The molecule has 3 saturated heterocycles. The second kappa shape index (κ2) is 8.19. The maximum absolute atomic E-state index is 13.4. The Balaban J connectivity index is 1.56. The lowest BCUT2D eigenvalue weighted by Crippen LogP contribution is -2.59. The largest absolute Gasteiger partial charge is 0.340 e. The number of likely N-dealkylation sites (N-methyl/N-ethyl adjacent to an activating group) is 1. The molecule has 7 heteroatoms. The van der Waals surface area contributed by atoms with E-state index in [-0.39, 0.29) is 29.7 Å². The number of nitrogens with zero attached hydrogens (tertiary/aromatic N) is 4.